The van der Waals surface area contributed by atoms with Crippen molar-refractivity contribution in [3.63, 3.8) is 0 Å². The van der Waals surface area contributed by atoms with Crippen molar-refractivity contribution in [1.82, 2.24) is 0 Å². The predicted molar refractivity (Wildman–Crippen MR) is 49.2 cm³/mol. The highest BCUT2D eigenvalue weighted by Gasteiger charge is 2.40. The van der Waals surface area contributed by atoms with E-state index >= 15 is 0 Å². The van der Waals surface area contributed by atoms with Crippen LogP contribution in [-0.4, -0.2) is 0 Å². The molecule has 0 saturated heterocycles. The van der Waals surface area contributed by atoms with Gasteiger partial charge in [0, 0.05) is 10.0 Å². The van der Waals surface area contributed by atoms with Crippen LogP contribution in [0.25, 0.3) is 0 Å². The molecule has 0 unspecified atom stereocenters. The first kappa shape index (κ1) is 7.32. The van der Waals surface area contributed by atoms with Crippen molar-refractivity contribution >= 4 is 15.9 Å². The average molecular weight is 212 g/mol. The molecule has 11 heavy (non-hydrogen) atoms. The van der Waals surface area contributed by atoms with E-state index in [0.717, 1.165) is 17.3 Å². The molecule has 0 heterocycles. The Morgan fingerprint density at radius 3 is 2.45 bits per heavy atom. The third-order valence-corrected chi connectivity index (χ3v) is 2.89. The molecule has 1 saturated carbocycles. The molecule has 1 aliphatic carbocycles. The van der Waals surface area contributed by atoms with Crippen LogP contribution in [0.15, 0.2) is 28.7 Å². The van der Waals surface area contributed by atoms with E-state index in [1.54, 1.807) is 0 Å². The Morgan fingerprint density at radius 2 is 1.91 bits per heavy atom. The lowest BCUT2D eigenvalue weighted by atomic mass is 10.1. The van der Waals surface area contributed by atoms with Gasteiger partial charge in [0.05, 0.1) is 0 Å². The normalized spacial score (nSPS) is 19.8. The molecule has 1 aromatic rings. The fourth-order valence-corrected chi connectivity index (χ4v) is 1.95. The Kier molecular flexibility index (Phi) is 1.55. The van der Waals surface area contributed by atoms with Crippen LogP contribution in [0, 0.1) is 0 Å². The largest absolute Gasteiger partial charge is 0.321 e. The van der Waals surface area contributed by atoms with E-state index < -0.39 is 0 Å². The summed E-state index contributed by atoms with van der Waals surface area (Å²) in [4.78, 5) is 0. The smallest absolute Gasteiger partial charge is 0.0422 e. The second kappa shape index (κ2) is 2.32. The Hall–Kier alpha value is -0.340. The molecule has 2 rings (SSSR count). The lowest BCUT2D eigenvalue weighted by Gasteiger charge is -2.10. The van der Waals surface area contributed by atoms with Gasteiger partial charge in [-0.15, -0.1) is 0 Å². The van der Waals surface area contributed by atoms with Crippen LogP contribution >= 0.6 is 15.9 Å². The van der Waals surface area contributed by atoms with Crippen molar-refractivity contribution in [3.8, 4) is 0 Å². The standard InChI is InChI=1S/C9H10BrN/c10-8-4-2-1-3-7(8)9(11)5-6-9/h1-4H,5-6,11H2. The van der Waals surface area contributed by atoms with Gasteiger partial charge >= 0.3 is 0 Å². The van der Waals surface area contributed by atoms with Gasteiger partial charge in [-0.05, 0) is 24.5 Å². The first-order chi connectivity index (χ1) is 5.22. The molecule has 2 N–H and O–H groups in total. The highest BCUT2D eigenvalue weighted by Crippen LogP contribution is 2.45. The average Bonchev–Trinajstić information content (AvgIpc) is 2.70. The number of hydrogen-bond donors (Lipinski definition) is 1. The highest BCUT2D eigenvalue weighted by atomic mass is 79.9. The molecule has 1 nitrogen and oxygen atoms in total. The molecule has 0 atom stereocenters. The molecule has 1 aromatic carbocycles. The quantitative estimate of drug-likeness (QED) is 0.759. The SMILES string of the molecule is NC1(c2ccccc2Br)CC1. The Labute approximate surface area is 74.7 Å². The lowest BCUT2D eigenvalue weighted by molar-refractivity contribution is 0.736. The topological polar surface area (TPSA) is 26.0 Å². The number of benzene rings is 1. The maximum atomic E-state index is 6.04. The van der Waals surface area contributed by atoms with E-state index in [0.29, 0.717) is 0 Å². The summed E-state index contributed by atoms with van der Waals surface area (Å²) in [6.45, 7) is 0. The van der Waals surface area contributed by atoms with Crippen LogP contribution in [0.5, 0.6) is 0 Å². The van der Waals surface area contributed by atoms with Gasteiger partial charge in [0.15, 0.2) is 0 Å². The van der Waals surface area contributed by atoms with Crippen molar-refractivity contribution in [2.75, 3.05) is 0 Å². The van der Waals surface area contributed by atoms with Gasteiger partial charge in [-0.1, -0.05) is 34.1 Å². The second-order valence-electron chi connectivity index (χ2n) is 3.14. The van der Waals surface area contributed by atoms with Crippen LogP contribution in [-0.2, 0) is 5.54 Å². The van der Waals surface area contributed by atoms with Crippen molar-refractivity contribution < 1.29 is 0 Å². The minimum atomic E-state index is -0.0138. The van der Waals surface area contributed by atoms with Crippen molar-refractivity contribution in [2.24, 2.45) is 5.73 Å². The van der Waals surface area contributed by atoms with Gasteiger partial charge in [-0.3, -0.25) is 0 Å². The first-order valence-corrected chi connectivity index (χ1v) is 4.56. The molecule has 0 radical (unpaired) electrons. The maximum absolute atomic E-state index is 6.04. The molecule has 0 aromatic heterocycles. The minimum absolute atomic E-state index is 0.0138. The van der Waals surface area contributed by atoms with E-state index in [-0.39, 0.29) is 5.54 Å². The zero-order valence-corrected chi connectivity index (χ0v) is 7.76. The Bertz CT molecular complexity index is 279. The van der Waals surface area contributed by atoms with E-state index in [4.69, 9.17) is 5.73 Å². The van der Waals surface area contributed by atoms with Gasteiger partial charge < -0.3 is 5.73 Å². The number of nitrogens with two attached hydrogens (primary N) is 1. The van der Waals surface area contributed by atoms with Crippen LogP contribution in [0.2, 0.25) is 0 Å². The monoisotopic (exact) mass is 211 g/mol. The third kappa shape index (κ3) is 1.21. The molecular formula is C9H10BrN. The zero-order valence-electron chi connectivity index (χ0n) is 6.18. The molecule has 2 heteroatoms. The summed E-state index contributed by atoms with van der Waals surface area (Å²) in [5.41, 5.74) is 7.27. The minimum Gasteiger partial charge on any atom is -0.321 e. The number of halogens is 1. The van der Waals surface area contributed by atoms with E-state index in [9.17, 15) is 0 Å². The molecule has 0 spiro atoms. The third-order valence-electron chi connectivity index (χ3n) is 2.20. The van der Waals surface area contributed by atoms with Gasteiger partial charge in [0.25, 0.3) is 0 Å². The van der Waals surface area contributed by atoms with Crippen LogP contribution in [0.1, 0.15) is 18.4 Å². The fraction of sp³-hybridized carbons (Fsp3) is 0.333. The zero-order chi connectivity index (χ0) is 7.90. The highest BCUT2D eigenvalue weighted by molar-refractivity contribution is 9.10. The van der Waals surface area contributed by atoms with Gasteiger partial charge in [-0.2, -0.15) is 0 Å². The summed E-state index contributed by atoms with van der Waals surface area (Å²) < 4.78 is 1.14. The fourth-order valence-electron chi connectivity index (χ4n) is 1.27. The van der Waals surface area contributed by atoms with Crippen LogP contribution < -0.4 is 5.73 Å². The molecular weight excluding hydrogens is 202 g/mol. The van der Waals surface area contributed by atoms with Gasteiger partial charge in [0.1, 0.15) is 0 Å². The summed E-state index contributed by atoms with van der Waals surface area (Å²) in [5, 5.41) is 0. The number of hydrogen-bond acceptors (Lipinski definition) is 1. The molecule has 1 fully saturated rings. The van der Waals surface area contributed by atoms with Crippen LogP contribution in [0.4, 0.5) is 0 Å². The molecule has 0 amide bonds. The molecule has 0 aliphatic heterocycles. The maximum Gasteiger partial charge on any atom is 0.0422 e. The second-order valence-corrected chi connectivity index (χ2v) is 3.99. The molecule has 0 bridgehead atoms. The van der Waals surface area contributed by atoms with Crippen molar-refractivity contribution in [2.45, 2.75) is 18.4 Å². The number of rotatable bonds is 1. The first-order valence-electron chi connectivity index (χ1n) is 3.76. The van der Waals surface area contributed by atoms with Crippen molar-refractivity contribution in [3.05, 3.63) is 34.3 Å². The van der Waals surface area contributed by atoms with E-state index in [1.165, 1.54) is 5.56 Å². The van der Waals surface area contributed by atoms with Gasteiger partial charge in [-0.25, -0.2) is 0 Å². The van der Waals surface area contributed by atoms with E-state index in [2.05, 4.69) is 22.0 Å². The Morgan fingerprint density at radius 1 is 1.27 bits per heavy atom. The molecule has 1 aliphatic rings. The van der Waals surface area contributed by atoms with Gasteiger partial charge in [0.2, 0.25) is 0 Å². The lowest BCUT2D eigenvalue weighted by Crippen LogP contribution is -2.18. The summed E-state index contributed by atoms with van der Waals surface area (Å²) in [5.74, 6) is 0. The van der Waals surface area contributed by atoms with Crippen molar-refractivity contribution in [1.29, 1.82) is 0 Å². The van der Waals surface area contributed by atoms with Crippen LogP contribution in [0.3, 0.4) is 0 Å². The van der Waals surface area contributed by atoms with E-state index in [1.807, 2.05) is 18.2 Å². The summed E-state index contributed by atoms with van der Waals surface area (Å²) in [7, 11) is 0. The molecule has 58 valence electrons. The summed E-state index contributed by atoms with van der Waals surface area (Å²) >= 11 is 3.49. The predicted octanol–water partition coefficient (Wildman–Crippen LogP) is 2.40. The summed E-state index contributed by atoms with van der Waals surface area (Å²) in [6.07, 6.45) is 2.24. The summed E-state index contributed by atoms with van der Waals surface area (Å²) in [6, 6.07) is 8.19. The Balaban J connectivity index is 2.45.